The van der Waals surface area contributed by atoms with Gasteiger partial charge in [0.15, 0.2) is 5.96 Å². The topological polar surface area (TPSA) is 87.2 Å². The van der Waals surface area contributed by atoms with Crippen molar-refractivity contribution in [1.82, 2.24) is 20.9 Å². The molecule has 2 atom stereocenters. The Morgan fingerprint density at radius 1 is 1.10 bits per heavy atom. The maximum absolute atomic E-state index is 12.0. The first kappa shape index (κ1) is 27.5. The fourth-order valence-corrected chi connectivity index (χ4v) is 2.68. The van der Waals surface area contributed by atoms with Gasteiger partial charge in [-0.1, -0.05) is 19.8 Å². The maximum Gasteiger partial charge on any atom is 0.407 e. The van der Waals surface area contributed by atoms with E-state index >= 15 is 0 Å². The highest BCUT2D eigenvalue weighted by atomic mass is 16.6. The summed E-state index contributed by atoms with van der Waals surface area (Å²) in [6.45, 7) is 12.6. The van der Waals surface area contributed by atoms with Gasteiger partial charge < -0.3 is 30.3 Å². The zero-order chi connectivity index (χ0) is 22.3. The number of nitrogens with one attached hydrogen (secondary N) is 3. The predicted octanol–water partition coefficient (Wildman–Crippen LogP) is 2.59. The zero-order valence-electron chi connectivity index (χ0n) is 19.9. The summed E-state index contributed by atoms with van der Waals surface area (Å²) in [6, 6.07) is 0.0704. The van der Waals surface area contributed by atoms with Crippen molar-refractivity contribution in [3.05, 3.63) is 0 Å². The SMILES string of the molecule is CCCCC(CNC(=O)OC(C)(C)C)NC(=NC)NCC(CCN(C)C)OCC. The van der Waals surface area contributed by atoms with Gasteiger partial charge in [0.2, 0.25) is 0 Å². The van der Waals surface area contributed by atoms with Gasteiger partial charge in [0.1, 0.15) is 5.60 Å². The third kappa shape index (κ3) is 16.0. The van der Waals surface area contributed by atoms with Crippen LogP contribution in [0.3, 0.4) is 0 Å². The van der Waals surface area contributed by atoms with Crippen LogP contribution >= 0.6 is 0 Å². The van der Waals surface area contributed by atoms with E-state index in [1.807, 2.05) is 27.7 Å². The molecule has 29 heavy (non-hydrogen) atoms. The first-order valence-electron chi connectivity index (χ1n) is 10.8. The Hall–Kier alpha value is -1.54. The average Bonchev–Trinajstić information content (AvgIpc) is 2.62. The number of unbranched alkanes of at least 4 members (excludes halogenated alkanes) is 1. The highest BCUT2D eigenvalue weighted by molar-refractivity contribution is 5.80. The van der Waals surface area contributed by atoms with Gasteiger partial charge in [0.05, 0.1) is 6.10 Å². The number of nitrogens with zero attached hydrogens (tertiary/aromatic N) is 2. The molecule has 0 aromatic heterocycles. The first-order chi connectivity index (χ1) is 13.6. The third-order valence-electron chi connectivity index (χ3n) is 4.16. The summed E-state index contributed by atoms with van der Waals surface area (Å²) in [4.78, 5) is 18.5. The van der Waals surface area contributed by atoms with Gasteiger partial charge in [-0.3, -0.25) is 4.99 Å². The molecule has 0 radical (unpaired) electrons. The van der Waals surface area contributed by atoms with E-state index in [9.17, 15) is 4.79 Å². The van der Waals surface area contributed by atoms with E-state index in [-0.39, 0.29) is 12.1 Å². The molecule has 0 fully saturated rings. The molecule has 0 aliphatic heterocycles. The van der Waals surface area contributed by atoms with Gasteiger partial charge >= 0.3 is 6.09 Å². The van der Waals surface area contributed by atoms with E-state index in [1.165, 1.54) is 0 Å². The van der Waals surface area contributed by atoms with Crippen LogP contribution in [-0.4, -0.2) is 82.1 Å². The van der Waals surface area contributed by atoms with Gasteiger partial charge in [0.25, 0.3) is 0 Å². The molecule has 0 bridgehead atoms. The molecule has 0 saturated heterocycles. The lowest BCUT2D eigenvalue weighted by Gasteiger charge is -2.25. The number of carbonyl (C=O) groups is 1. The highest BCUT2D eigenvalue weighted by Gasteiger charge is 2.18. The van der Waals surface area contributed by atoms with E-state index in [0.717, 1.165) is 32.2 Å². The van der Waals surface area contributed by atoms with Crippen LogP contribution in [0.4, 0.5) is 4.79 Å². The fourth-order valence-electron chi connectivity index (χ4n) is 2.68. The van der Waals surface area contributed by atoms with Crippen LogP contribution < -0.4 is 16.0 Å². The second-order valence-corrected chi connectivity index (χ2v) is 8.49. The van der Waals surface area contributed by atoms with E-state index in [1.54, 1.807) is 7.05 Å². The Morgan fingerprint density at radius 2 is 1.79 bits per heavy atom. The molecule has 8 heteroatoms. The summed E-state index contributed by atoms with van der Waals surface area (Å²) in [5.74, 6) is 0.714. The number of hydrogen-bond donors (Lipinski definition) is 3. The molecular formula is C21H45N5O3. The van der Waals surface area contributed by atoms with Crippen LogP contribution in [-0.2, 0) is 9.47 Å². The zero-order valence-corrected chi connectivity index (χ0v) is 19.9. The molecule has 0 aliphatic carbocycles. The molecule has 0 saturated carbocycles. The largest absolute Gasteiger partial charge is 0.444 e. The quantitative estimate of drug-likeness (QED) is 0.317. The molecule has 2 unspecified atom stereocenters. The van der Waals surface area contributed by atoms with E-state index in [4.69, 9.17) is 9.47 Å². The minimum absolute atomic E-state index is 0.0704. The van der Waals surface area contributed by atoms with Crippen molar-refractivity contribution in [3.63, 3.8) is 0 Å². The van der Waals surface area contributed by atoms with Crippen molar-refractivity contribution < 1.29 is 14.3 Å². The van der Waals surface area contributed by atoms with Gasteiger partial charge in [-0.25, -0.2) is 4.79 Å². The normalized spacial score (nSPS) is 14.4. The monoisotopic (exact) mass is 415 g/mol. The molecule has 0 aliphatic rings. The minimum atomic E-state index is -0.505. The van der Waals surface area contributed by atoms with Gasteiger partial charge in [-0.05, 0) is 54.6 Å². The number of ether oxygens (including phenoxy) is 2. The Labute approximate surface area is 178 Å². The highest BCUT2D eigenvalue weighted by Crippen LogP contribution is 2.07. The average molecular weight is 416 g/mol. The molecule has 0 rings (SSSR count). The summed E-state index contributed by atoms with van der Waals surface area (Å²) in [6.07, 6.45) is 3.76. The fraction of sp³-hybridized carbons (Fsp3) is 0.905. The van der Waals surface area contributed by atoms with Crippen molar-refractivity contribution in [2.24, 2.45) is 4.99 Å². The summed E-state index contributed by atoms with van der Waals surface area (Å²) in [5, 5.41) is 9.64. The van der Waals surface area contributed by atoms with Crippen molar-refractivity contribution in [2.75, 3.05) is 47.4 Å². The molecule has 8 nitrogen and oxygen atoms in total. The van der Waals surface area contributed by atoms with Crippen LogP contribution in [0.15, 0.2) is 4.99 Å². The summed E-state index contributed by atoms with van der Waals surface area (Å²) in [7, 11) is 5.88. The third-order valence-corrected chi connectivity index (χ3v) is 4.16. The number of rotatable bonds is 13. The number of aliphatic imine (C=N–C) groups is 1. The smallest absolute Gasteiger partial charge is 0.407 e. The molecule has 0 spiro atoms. The molecule has 0 heterocycles. The summed E-state index contributed by atoms with van der Waals surface area (Å²) < 4.78 is 11.2. The summed E-state index contributed by atoms with van der Waals surface area (Å²) >= 11 is 0. The first-order valence-corrected chi connectivity index (χ1v) is 10.8. The second-order valence-electron chi connectivity index (χ2n) is 8.49. The Morgan fingerprint density at radius 3 is 2.31 bits per heavy atom. The van der Waals surface area contributed by atoms with Crippen molar-refractivity contribution >= 4 is 12.1 Å². The Kier molecular flexibility index (Phi) is 14.5. The molecule has 0 aromatic carbocycles. The lowest BCUT2D eigenvalue weighted by Crippen LogP contribution is -2.50. The van der Waals surface area contributed by atoms with Crippen LogP contribution in [0.5, 0.6) is 0 Å². The Bertz CT molecular complexity index is 464. The number of amides is 1. The number of guanidine groups is 1. The maximum atomic E-state index is 12.0. The number of alkyl carbamates (subject to hydrolysis) is 1. The lowest BCUT2D eigenvalue weighted by molar-refractivity contribution is 0.0522. The molecule has 0 aromatic rings. The van der Waals surface area contributed by atoms with Gasteiger partial charge in [-0.15, -0.1) is 0 Å². The number of carbonyl (C=O) groups excluding carboxylic acids is 1. The molecule has 1 amide bonds. The van der Waals surface area contributed by atoms with Gasteiger partial charge in [0, 0.05) is 39.3 Å². The van der Waals surface area contributed by atoms with Crippen LogP contribution in [0.25, 0.3) is 0 Å². The molecule has 3 N–H and O–H groups in total. The molecular weight excluding hydrogens is 370 g/mol. The minimum Gasteiger partial charge on any atom is -0.444 e. The van der Waals surface area contributed by atoms with Crippen LogP contribution in [0, 0.1) is 0 Å². The van der Waals surface area contributed by atoms with Crippen molar-refractivity contribution in [3.8, 4) is 0 Å². The van der Waals surface area contributed by atoms with Crippen LogP contribution in [0.1, 0.15) is 60.3 Å². The van der Waals surface area contributed by atoms with Crippen molar-refractivity contribution in [2.45, 2.75) is 78.0 Å². The van der Waals surface area contributed by atoms with Crippen LogP contribution in [0.2, 0.25) is 0 Å². The standard InChI is InChI=1S/C21H45N5O3/c1-9-11-12-17(15-24-20(27)29-21(3,4)5)25-19(22-6)23-16-18(28-10-2)13-14-26(7)8/h17-18H,9-16H2,1-8H3,(H,24,27)(H2,22,23,25). The van der Waals surface area contributed by atoms with Gasteiger partial charge in [-0.2, -0.15) is 0 Å². The summed E-state index contributed by atoms with van der Waals surface area (Å²) in [5.41, 5.74) is -0.505. The van der Waals surface area contributed by atoms with E-state index < -0.39 is 11.7 Å². The second kappa shape index (κ2) is 15.3. The lowest BCUT2D eigenvalue weighted by atomic mass is 10.1. The predicted molar refractivity (Wildman–Crippen MR) is 121 cm³/mol. The number of hydrogen-bond acceptors (Lipinski definition) is 5. The van der Waals surface area contributed by atoms with Crippen molar-refractivity contribution in [1.29, 1.82) is 0 Å². The van der Waals surface area contributed by atoms with E-state index in [2.05, 4.69) is 46.9 Å². The molecule has 172 valence electrons. The van der Waals surface area contributed by atoms with E-state index in [0.29, 0.717) is 25.7 Å². The Balaban J connectivity index is 4.68.